The van der Waals surface area contributed by atoms with Gasteiger partial charge in [0.2, 0.25) is 0 Å². The van der Waals surface area contributed by atoms with Crippen LogP contribution in [0.3, 0.4) is 0 Å². The maximum absolute atomic E-state index is 12.1. The molecule has 0 fully saturated rings. The molecule has 0 heterocycles. The van der Waals surface area contributed by atoms with Crippen LogP contribution in [-0.4, -0.2) is 29.8 Å². The Morgan fingerprint density at radius 2 is 2.00 bits per heavy atom. The molecule has 0 spiro atoms. The third-order valence-electron chi connectivity index (χ3n) is 2.95. The molecular weight excluding hydrogens is 272 g/mol. The second-order valence-corrected chi connectivity index (χ2v) is 4.56. The third-order valence-corrected chi connectivity index (χ3v) is 2.95. The number of amides is 1. The smallest absolute Gasteiger partial charge is 0.414 e. The Morgan fingerprint density at radius 3 is 2.48 bits per heavy atom. The van der Waals surface area contributed by atoms with Crippen molar-refractivity contribution in [2.24, 2.45) is 0 Å². The molecule has 0 saturated heterocycles. The lowest BCUT2D eigenvalue weighted by Gasteiger charge is -2.23. The summed E-state index contributed by atoms with van der Waals surface area (Å²) in [6.45, 7) is 3.67. The number of hydrogen-bond donors (Lipinski definition) is 1. The molecule has 0 saturated carbocycles. The first-order chi connectivity index (χ1) is 9.97. The average molecular weight is 290 g/mol. The molecule has 1 amide bonds. The second-order valence-electron chi connectivity index (χ2n) is 4.56. The Hall–Kier alpha value is -2.55. The molecule has 6 nitrogen and oxygen atoms in total. The van der Waals surface area contributed by atoms with Crippen LogP contribution in [0.1, 0.15) is 32.3 Å². The number of rotatable bonds is 6. The molecule has 1 N–H and O–H groups in total. The fourth-order valence-electron chi connectivity index (χ4n) is 1.57. The predicted molar refractivity (Wildman–Crippen MR) is 77.0 cm³/mol. The molecule has 0 aromatic heterocycles. The maximum Gasteiger partial charge on any atom is 0.414 e. The lowest BCUT2D eigenvalue weighted by atomic mass is 10.2. The van der Waals surface area contributed by atoms with Crippen LogP contribution in [0.4, 0.5) is 10.5 Å². The highest BCUT2D eigenvalue weighted by molar-refractivity contribution is 5.88. The second kappa shape index (κ2) is 7.90. The van der Waals surface area contributed by atoms with E-state index in [1.165, 1.54) is 4.90 Å². The Balaban J connectivity index is 2.92. The van der Waals surface area contributed by atoms with Crippen molar-refractivity contribution in [3.8, 4) is 6.07 Å². The van der Waals surface area contributed by atoms with Gasteiger partial charge in [0.25, 0.3) is 0 Å². The van der Waals surface area contributed by atoms with E-state index >= 15 is 0 Å². The van der Waals surface area contributed by atoms with Gasteiger partial charge < -0.3 is 9.84 Å². The van der Waals surface area contributed by atoms with Crippen molar-refractivity contribution in [1.82, 2.24) is 0 Å². The number of ether oxygens (including phenoxy) is 1. The Labute approximate surface area is 123 Å². The number of aliphatic carboxylic acids is 1. The summed E-state index contributed by atoms with van der Waals surface area (Å²) in [5.41, 5.74) is 0.968. The first kappa shape index (κ1) is 16.5. The molecule has 1 unspecified atom stereocenters. The fraction of sp³-hybridized carbons (Fsp3) is 0.400. The summed E-state index contributed by atoms with van der Waals surface area (Å²) in [6.07, 6.45) is -0.347. The molecule has 1 aromatic rings. The van der Waals surface area contributed by atoms with Crippen LogP contribution >= 0.6 is 0 Å². The number of anilines is 1. The largest absolute Gasteiger partial charge is 0.481 e. The van der Waals surface area contributed by atoms with E-state index in [2.05, 4.69) is 0 Å². The molecule has 6 heteroatoms. The quantitative estimate of drug-likeness (QED) is 0.869. The minimum absolute atomic E-state index is 0.0104. The summed E-state index contributed by atoms with van der Waals surface area (Å²) in [5, 5.41) is 17.5. The van der Waals surface area contributed by atoms with Gasteiger partial charge in [-0.3, -0.25) is 9.69 Å². The predicted octanol–water partition coefficient (Wildman–Crippen LogP) is 2.77. The van der Waals surface area contributed by atoms with Crippen molar-refractivity contribution in [2.45, 2.75) is 32.8 Å². The zero-order valence-electron chi connectivity index (χ0n) is 12.1. The first-order valence-corrected chi connectivity index (χ1v) is 6.68. The maximum atomic E-state index is 12.1. The summed E-state index contributed by atoms with van der Waals surface area (Å²) in [7, 11) is 0. The molecule has 0 aliphatic rings. The van der Waals surface area contributed by atoms with E-state index in [9.17, 15) is 9.59 Å². The highest BCUT2D eigenvalue weighted by atomic mass is 16.6. The van der Waals surface area contributed by atoms with Gasteiger partial charge in [-0.05, 0) is 37.6 Å². The van der Waals surface area contributed by atoms with Crippen LogP contribution in [0.15, 0.2) is 24.3 Å². The third kappa shape index (κ3) is 5.15. The van der Waals surface area contributed by atoms with Gasteiger partial charge in [-0.2, -0.15) is 5.26 Å². The summed E-state index contributed by atoms with van der Waals surface area (Å²) in [4.78, 5) is 24.1. The Bertz CT molecular complexity index is 534. The highest BCUT2D eigenvalue weighted by Gasteiger charge is 2.20. The molecule has 1 rings (SSSR count). The molecule has 21 heavy (non-hydrogen) atoms. The van der Waals surface area contributed by atoms with Gasteiger partial charge >= 0.3 is 12.1 Å². The highest BCUT2D eigenvalue weighted by Crippen LogP contribution is 2.17. The van der Waals surface area contributed by atoms with Gasteiger partial charge in [-0.1, -0.05) is 6.92 Å². The van der Waals surface area contributed by atoms with Crippen molar-refractivity contribution in [2.75, 3.05) is 11.4 Å². The minimum Gasteiger partial charge on any atom is -0.481 e. The van der Waals surface area contributed by atoms with Gasteiger partial charge in [0, 0.05) is 12.2 Å². The normalized spacial score (nSPS) is 11.3. The van der Waals surface area contributed by atoms with Gasteiger partial charge in [0.05, 0.1) is 18.1 Å². The first-order valence-electron chi connectivity index (χ1n) is 6.68. The fourth-order valence-corrected chi connectivity index (χ4v) is 1.57. The lowest BCUT2D eigenvalue weighted by Crippen LogP contribution is -2.35. The van der Waals surface area contributed by atoms with Crippen molar-refractivity contribution in [1.29, 1.82) is 5.26 Å². The van der Waals surface area contributed by atoms with Gasteiger partial charge in [0.1, 0.15) is 6.10 Å². The van der Waals surface area contributed by atoms with E-state index in [4.69, 9.17) is 15.1 Å². The number of carbonyl (C=O) groups is 2. The summed E-state index contributed by atoms with van der Waals surface area (Å²) < 4.78 is 5.23. The van der Waals surface area contributed by atoms with E-state index in [1.807, 2.05) is 13.0 Å². The monoisotopic (exact) mass is 290 g/mol. The Morgan fingerprint density at radius 1 is 1.38 bits per heavy atom. The summed E-state index contributed by atoms with van der Waals surface area (Å²) in [5.74, 6) is -0.995. The van der Waals surface area contributed by atoms with E-state index in [0.717, 1.165) is 0 Å². The van der Waals surface area contributed by atoms with E-state index in [0.29, 0.717) is 17.7 Å². The van der Waals surface area contributed by atoms with Crippen molar-refractivity contribution >= 4 is 17.7 Å². The standard InChI is InChI=1S/C15H18N2O4/c1-3-11(2)21-15(20)17(9-8-14(18)19)13-6-4-12(10-16)5-7-13/h4-7,11H,3,8-9H2,1-2H3,(H,18,19). The zero-order valence-corrected chi connectivity index (χ0v) is 12.1. The molecular formula is C15H18N2O4. The molecule has 0 aliphatic heterocycles. The number of carboxylic acids is 1. The van der Waals surface area contributed by atoms with Gasteiger partial charge in [-0.25, -0.2) is 4.79 Å². The Kier molecular flexibility index (Phi) is 6.21. The molecule has 112 valence electrons. The molecule has 1 aromatic carbocycles. The van der Waals surface area contributed by atoms with Gasteiger partial charge in [0.15, 0.2) is 0 Å². The van der Waals surface area contributed by atoms with E-state index in [1.54, 1.807) is 31.2 Å². The SMILES string of the molecule is CCC(C)OC(=O)N(CCC(=O)O)c1ccc(C#N)cc1. The topological polar surface area (TPSA) is 90.6 Å². The van der Waals surface area contributed by atoms with E-state index < -0.39 is 12.1 Å². The molecule has 0 radical (unpaired) electrons. The average Bonchev–Trinajstić information content (AvgIpc) is 2.47. The number of nitriles is 1. The minimum atomic E-state index is -0.995. The number of nitrogens with zero attached hydrogens (tertiary/aromatic N) is 2. The van der Waals surface area contributed by atoms with Crippen molar-refractivity contribution in [3.63, 3.8) is 0 Å². The molecule has 1 atom stereocenters. The molecule has 0 aliphatic carbocycles. The van der Waals surface area contributed by atoms with Crippen LogP contribution in [0.25, 0.3) is 0 Å². The van der Waals surface area contributed by atoms with Crippen LogP contribution < -0.4 is 4.90 Å². The van der Waals surface area contributed by atoms with E-state index in [-0.39, 0.29) is 19.1 Å². The van der Waals surface area contributed by atoms with Gasteiger partial charge in [-0.15, -0.1) is 0 Å². The van der Waals surface area contributed by atoms with Crippen LogP contribution in [0, 0.1) is 11.3 Å². The van der Waals surface area contributed by atoms with Crippen LogP contribution in [0.5, 0.6) is 0 Å². The zero-order chi connectivity index (χ0) is 15.8. The number of carboxylic acid groups (broad SMARTS) is 1. The number of benzene rings is 1. The van der Waals surface area contributed by atoms with Crippen LogP contribution in [0.2, 0.25) is 0 Å². The van der Waals surface area contributed by atoms with Crippen molar-refractivity contribution < 1.29 is 19.4 Å². The summed E-state index contributed by atoms with van der Waals surface area (Å²) >= 11 is 0. The van der Waals surface area contributed by atoms with Crippen molar-refractivity contribution in [3.05, 3.63) is 29.8 Å². The molecule has 0 bridgehead atoms. The number of carbonyl (C=O) groups excluding carboxylic acids is 1. The lowest BCUT2D eigenvalue weighted by molar-refractivity contribution is -0.136. The number of hydrogen-bond acceptors (Lipinski definition) is 4. The van der Waals surface area contributed by atoms with Crippen LogP contribution in [-0.2, 0) is 9.53 Å². The summed E-state index contributed by atoms with van der Waals surface area (Å²) in [6, 6.07) is 8.31.